The fourth-order valence-corrected chi connectivity index (χ4v) is 3.48. The summed E-state index contributed by atoms with van der Waals surface area (Å²) in [5, 5.41) is 22.3. The SMILES string of the molecule is N#C/C(=C\c1cn(CC(=O)O)c2ccccc12)C(=O)NC1CCCCC1. The molecule has 1 fully saturated rings. The van der Waals surface area contributed by atoms with E-state index in [0.717, 1.165) is 36.6 Å². The van der Waals surface area contributed by atoms with Crippen LogP contribution in [0.25, 0.3) is 17.0 Å². The van der Waals surface area contributed by atoms with Gasteiger partial charge in [0.05, 0.1) is 0 Å². The minimum absolute atomic E-state index is 0.0359. The van der Waals surface area contributed by atoms with Gasteiger partial charge in [-0.2, -0.15) is 5.26 Å². The number of benzene rings is 1. The number of rotatable bonds is 5. The molecule has 0 spiro atoms. The van der Waals surface area contributed by atoms with E-state index in [0.29, 0.717) is 5.56 Å². The Morgan fingerprint density at radius 3 is 2.69 bits per heavy atom. The van der Waals surface area contributed by atoms with Crippen molar-refractivity contribution >= 4 is 28.9 Å². The van der Waals surface area contributed by atoms with Crippen molar-refractivity contribution in [2.45, 2.75) is 44.7 Å². The highest BCUT2D eigenvalue weighted by Crippen LogP contribution is 2.24. The number of hydrogen-bond donors (Lipinski definition) is 2. The first-order chi connectivity index (χ1) is 12.6. The molecule has 1 aliphatic carbocycles. The Kier molecular flexibility index (Phi) is 5.37. The third kappa shape index (κ3) is 3.94. The fourth-order valence-electron chi connectivity index (χ4n) is 3.48. The normalized spacial score (nSPS) is 15.6. The summed E-state index contributed by atoms with van der Waals surface area (Å²) >= 11 is 0. The highest BCUT2D eigenvalue weighted by molar-refractivity contribution is 6.04. The Bertz CT molecular complexity index is 899. The number of nitrogens with one attached hydrogen (secondary N) is 1. The molecular formula is C20H21N3O3. The molecule has 0 bridgehead atoms. The first-order valence-electron chi connectivity index (χ1n) is 8.81. The second kappa shape index (κ2) is 7.87. The Morgan fingerprint density at radius 2 is 2.00 bits per heavy atom. The predicted octanol–water partition coefficient (Wildman–Crippen LogP) is 3.08. The maximum Gasteiger partial charge on any atom is 0.323 e. The van der Waals surface area contributed by atoms with Crippen LogP contribution < -0.4 is 5.32 Å². The zero-order chi connectivity index (χ0) is 18.5. The standard InChI is InChI=1S/C20H21N3O3/c21-11-14(20(26)22-16-6-2-1-3-7-16)10-15-12-23(13-19(24)25)18-9-5-4-8-17(15)18/h4-5,8-10,12,16H,1-3,6-7,13H2,(H,22,26)(H,24,25)/b14-10+. The molecule has 0 atom stereocenters. The second-order valence-corrected chi connectivity index (χ2v) is 6.60. The average Bonchev–Trinajstić information content (AvgIpc) is 2.97. The molecule has 26 heavy (non-hydrogen) atoms. The van der Waals surface area contributed by atoms with Crippen LogP contribution >= 0.6 is 0 Å². The first-order valence-corrected chi connectivity index (χ1v) is 8.81. The van der Waals surface area contributed by atoms with Crippen LogP contribution in [0.3, 0.4) is 0 Å². The van der Waals surface area contributed by atoms with Gasteiger partial charge < -0.3 is 15.0 Å². The number of carbonyl (C=O) groups excluding carboxylic acids is 1. The molecule has 3 rings (SSSR count). The quantitative estimate of drug-likeness (QED) is 0.639. The lowest BCUT2D eigenvalue weighted by Gasteiger charge is -2.22. The largest absolute Gasteiger partial charge is 0.480 e. The molecule has 0 unspecified atom stereocenters. The van der Waals surface area contributed by atoms with E-state index in [1.165, 1.54) is 6.42 Å². The predicted molar refractivity (Wildman–Crippen MR) is 98.2 cm³/mol. The maximum atomic E-state index is 12.5. The van der Waals surface area contributed by atoms with Crippen LogP contribution in [-0.4, -0.2) is 27.6 Å². The molecule has 1 heterocycles. The van der Waals surface area contributed by atoms with Gasteiger partial charge in [-0.05, 0) is 25.0 Å². The van der Waals surface area contributed by atoms with Crippen LogP contribution in [-0.2, 0) is 16.1 Å². The van der Waals surface area contributed by atoms with E-state index in [2.05, 4.69) is 5.32 Å². The monoisotopic (exact) mass is 351 g/mol. The molecule has 134 valence electrons. The van der Waals surface area contributed by atoms with E-state index >= 15 is 0 Å². The summed E-state index contributed by atoms with van der Waals surface area (Å²) < 4.78 is 1.61. The molecule has 0 aliphatic heterocycles. The number of nitrogens with zero attached hydrogens (tertiary/aromatic N) is 2. The van der Waals surface area contributed by atoms with Gasteiger partial charge in [0.2, 0.25) is 0 Å². The molecule has 1 aromatic heterocycles. The highest BCUT2D eigenvalue weighted by atomic mass is 16.4. The highest BCUT2D eigenvalue weighted by Gasteiger charge is 2.19. The Morgan fingerprint density at radius 1 is 1.27 bits per heavy atom. The van der Waals surface area contributed by atoms with Gasteiger partial charge in [-0.3, -0.25) is 9.59 Å². The molecule has 0 radical (unpaired) electrons. The maximum absolute atomic E-state index is 12.5. The molecule has 6 nitrogen and oxygen atoms in total. The number of aromatic nitrogens is 1. The van der Waals surface area contributed by atoms with Crippen molar-refractivity contribution in [3.63, 3.8) is 0 Å². The van der Waals surface area contributed by atoms with E-state index in [4.69, 9.17) is 5.11 Å². The average molecular weight is 351 g/mol. The third-order valence-electron chi connectivity index (χ3n) is 4.73. The number of nitriles is 1. The summed E-state index contributed by atoms with van der Waals surface area (Å²) in [5.74, 6) is -1.31. The van der Waals surface area contributed by atoms with Gasteiger partial charge >= 0.3 is 5.97 Å². The number of hydrogen-bond acceptors (Lipinski definition) is 3. The number of amides is 1. The van der Waals surface area contributed by atoms with E-state index in [9.17, 15) is 14.9 Å². The van der Waals surface area contributed by atoms with Gasteiger partial charge in [0.15, 0.2) is 0 Å². The van der Waals surface area contributed by atoms with Gasteiger partial charge in [0.25, 0.3) is 5.91 Å². The van der Waals surface area contributed by atoms with Crippen molar-refractivity contribution < 1.29 is 14.7 Å². The van der Waals surface area contributed by atoms with E-state index < -0.39 is 5.97 Å². The van der Waals surface area contributed by atoms with E-state index in [-0.39, 0.29) is 24.1 Å². The van der Waals surface area contributed by atoms with Crippen LogP contribution in [0.2, 0.25) is 0 Å². The lowest BCUT2D eigenvalue weighted by Crippen LogP contribution is -2.36. The van der Waals surface area contributed by atoms with Gasteiger partial charge in [-0.1, -0.05) is 37.5 Å². The summed E-state index contributed by atoms with van der Waals surface area (Å²) in [6.07, 6.45) is 8.49. The molecule has 1 amide bonds. The molecule has 2 aromatic rings. The van der Waals surface area contributed by atoms with Crippen LogP contribution in [0.15, 0.2) is 36.0 Å². The van der Waals surface area contributed by atoms with Crippen LogP contribution in [0.5, 0.6) is 0 Å². The summed E-state index contributed by atoms with van der Waals surface area (Å²) in [5.41, 5.74) is 1.46. The molecule has 1 aromatic carbocycles. The zero-order valence-electron chi connectivity index (χ0n) is 14.4. The Hall–Kier alpha value is -3.07. The van der Waals surface area contributed by atoms with Crippen molar-refractivity contribution in [1.29, 1.82) is 5.26 Å². The van der Waals surface area contributed by atoms with Gasteiger partial charge in [0, 0.05) is 28.7 Å². The Labute approximate surface area is 151 Å². The number of carboxylic acid groups (broad SMARTS) is 1. The number of para-hydroxylation sites is 1. The molecule has 1 saturated carbocycles. The minimum atomic E-state index is -0.947. The number of aliphatic carboxylic acids is 1. The smallest absolute Gasteiger partial charge is 0.323 e. The summed E-state index contributed by atoms with van der Waals surface area (Å²) in [6.45, 7) is -0.176. The summed E-state index contributed by atoms with van der Waals surface area (Å²) in [4.78, 5) is 23.5. The van der Waals surface area contributed by atoms with Crippen molar-refractivity contribution in [1.82, 2.24) is 9.88 Å². The van der Waals surface area contributed by atoms with Crippen molar-refractivity contribution in [2.24, 2.45) is 0 Å². The van der Waals surface area contributed by atoms with Crippen molar-refractivity contribution in [2.75, 3.05) is 0 Å². The topological polar surface area (TPSA) is 95.1 Å². The molecular weight excluding hydrogens is 330 g/mol. The zero-order valence-corrected chi connectivity index (χ0v) is 14.4. The van der Waals surface area contributed by atoms with Gasteiger partial charge in [-0.15, -0.1) is 0 Å². The minimum Gasteiger partial charge on any atom is -0.480 e. The fraction of sp³-hybridized carbons (Fsp3) is 0.350. The first kappa shape index (κ1) is 17.7. The summed E-state index contributed by atoms with van der Waals surface area (Å²) in [6, 6.07) is 9.46. The van der Waals surface area contributed by atoms with Gasteiger partial charge in [-0.25, -0.2) is 0 Å². The number of fused-ring (bicyclic) bond motifs is 1. The Balaban J connectivity index is 1.90. The summed E-state index contributed by atoms with van der Waals surface area (Å²) in [7, 11) is 0. The molecule has 1 aliphatic rings. The van der Waals surface area contributed by atoms with Crippen LogP contribution in [0.4, 0.5) is 0 Å². The molecule has 2 N–H and O–H groups in total. The van der Waals surface area contributed by atoms with E-state index in [1.54, 1.807) is 16.8 Å². The number of carboxylic acids is 1. The third-order valence-corrected chi connectivity index (χ3v) is 4.73. The van der Waals surface area contributed by atoms with Crippen molar-refractivity contribution in [3.05, 3.63) is 41.6 Å². The molecule has 6 heteroatoms. The van der Waals surface area contributed by atoms with Gasteiger partial charge in [0.1, 0.15) is 18.2 Å². The van der Waals surface area contributed by atoms with E-state index in [1.807, 2.05) is 30.3 Å². The van der Waals surface area contributed by atoms with Crippen molar-refractivity contribution in [3.8, 4) is 6.07 Å². The van der Waals surface area contributed by atoms with Crippen LogP contribution in [0, 0.1) is 11.3 Å². The van der Waals surface area contributed by atoms with Crippen LogP contribution in [0.1, 0.15) is 37.7 Å². The lowest BCUT2D eigenvalue weighted by molar-refractivity contribution is -0.137. The number of carbonyl (C=O) groups is 2. The molecule has 0 saturated heterocycles. The second-order valence-electron chi connectivity index (χ2n) is 6.60. The lowest BCUT2D eigenvalue weighted by atomic mass is 9.95.